The number of nitrogens with two attached hydrogens (primary N) is 1. The molecular formula is C14H19NOS. The van der Waals surface area contributed by atoms with E-state index >= 15 is 0 Å². The summed E-state index contributed by atoms with van der Waals surface area (Å²) in [7, 11) is 0. The molecule has 92 valence electrons. The van der Waals surface area contributed by atoms with Crippen LogP contribution in [0.2, 0.25) is 0 Å². The van der Waals surface area contributed by atoms with Crippen LogP contribution in [0, 0.1) is 0 Å². The molecule has 0 radical (unpaired) electrons. The smallest absolute Gasteiger partial charge is 0.0620 e. The highest BCUT2D eigenvalue weighted by Gasteiger charge is 2.08. The van der Waals surface area contributed by atoms with Gasteiger partial charge in [0, 0.05) is 17.3 Å². The number of ether oxygens (including phenoxy) is 1. The average Bonchev–Trinajstić information content (AvgIpc) is 2.73. The lowest BCUT2D eigenvalue weighted by atomic mass is 10.1. The molecule has 0 aliphatic rings. The van der Waals surface area contributed by atoms with Crippen molar-refractivity contribution in [2.75, 3.05) is 13.2 Å². The van der Waals surface area contributed by atoms with Crippen molar-refractivity contribution in [1.82, 2.24) is 0 Å². The summed E-state index contributed by atoms with van der Waals surface area (Å²) < 4.78 is 6.82. The molecule has 0 aliphatic heterocycles. The lowest BCUT2D eigenvalue weighted by molar-refractivity contribution is 0.121. The van der Waals surface area contributed by atoms with Gasteiger partial charge in [-0.3, -0.25) is 0 Å². The summed E-state index contributed by atoms with van der Waals surface area (Å²) in [5, 5.41) is 3.55. The van der Waals surface area contributed by atoms with Crippen molar-refractivity contribution >= 4 is 21.4 Å². The van der Waals surface area contributed by atoms with Crippen molar-refractivity contribution in [3.05, 3.63) is 35.2 Å². The molecule has 17 heavy (non-hydrogen) atoms. The molecule has 0 saturated carbocycles. The minimum Gasteiger partial charge on any atom is -0.380 e. The molecule has 1 aromatic heterocycles. The second-order valence-electron chi connectivity index (χ2n) is 4.30. The summed E-state index contributed by atoms with van der Waals surface area (Å²) in [6, 6.07) is 8.58. The Balaban J connectivity index is 1.98. The van der Waals surface area contributed by atoms with Crippen LogP contribution in [0.25, 0.3) is 10.1 Å². The third-order valence-corrected chi connectivity index (χ3v) is 3.74. The van der Waals surface area contributed by atoms with Crippen LogP contribution >= 0.6 is 11.3 Å². The quantitative estimate of drug-likeness (QED) is 0.798. The first-order chi connectivity index (χ1) is 8.31. The highest BCUT2D eigenvalue weighted by Crippen LogP contribution is 2.26. The highest BCUT2D eigenvalue weighted by molar-refractivity contribution is 7.17. The van der Waals surface area contributed by atoms with Crippen molar-refractivity contribution < 1.29 is 4.74 Å². The Kier molecular flexibility index (Phi) is 4.54. The fraction of sp³-hybridized carbons (Fsp3) is 0.429. The van der Waals surface area contributed by atoms with Crippen LogP contribution in [-0.2, 0) is 11.2 Å². The largest absolute Gasteiger partial charge is 0.380 e. The van der Waals surface area contributed by atoms with E-state index in [4.69, 9.17) is 10.5 Å². The first-order valence-corrected chi connectivity index (χ1v) is 6.97. The zero-order valence-corrected chi connectivity index (χ0v) is 11.0. The summed E-state index contributed by atoms with van der Waals surface area (Å²) in [5.41, 5.74) is 7.42. The summed E-state index contributed by atoms with van der Waals surface area (Å²) in [5.74, 6) is 0. The fourth-order valence-corrected chi connectivity index (χ4v) is 2.89. The molecule has 2 aromatic rings. The van der Waals surface area contributed by atoms with Gasteiger partial charge in [0.1, 0.15) is 0 Å². The standard InChI is InChI=1S/C14H19NOS/c1-2-7-16-9-12(15)8-11-10-17-14-6-4-3-5-13(11)14/h3-6,10,12H,2,7-9,15H2,1H3. The molecule has 0 amide bonds. The van der Waals surface area contributed by atoms with Crippen LogP contribution in [0.5, 0.6) is 0 Å². The number of hydrogen-bond donors (Lipinski definition) is 1. The predicted octanol–water partition coefficient (Wildman–Crippen LogP) is 3.20. The molecule has 2 rings (SSSR count). The van der Waals surface area contributed by atoms with E-state index in [0.29, 0.717) is 6.61 Å². The second-order valence-corrected chi connectivity index (χ2v) is 5.21. The molecule has 2 nitrogen and oxygen atoms in total. The van der Waals surface area contributed by atoms with Gasteiger partial charge >= 0.3 is 0 Å². The van der Waals surface area contributed by atoms with Crippen molar-refractivity contribution in [2.24, 2.45) is 5.73 Å². The van der Waals surface area contributed by atoms with E-state index in [0.717, 1.165) is 19.4 Å². The monoisotopic (exact) mass is 249 g/mol. The Labute approximate surface area is 106 Å². The topological polar surface area (TPSA) is 35.2 Å². The number of benzene rings is 1. The Morgan fingerprint density at radius 1 is 1.35 bits per heavy atom. The Morgan fingerprint density at radius 2 is 2.18 bits per heavy atom. The second kappa shape index (κ2) is 6.15. The molecule has 0 aliphatic carbocycles. The average molecular weight is 249 g/mol. The van der Waals surface area contributed by atoms with E-state index in [1.807, 2.05) is 0 Å². The van der Waals surface area contributed by atoms with E-state index in [1.165, 1.54) is 15.6 Å². The normalized spacial score (nSPS) is 13.1. The van der Waals surface area contributed by atoms with Gasteiger partial charge in [0.05, 0.1) is 6.61 Å². The van der Waals surface area contributed by atoms with E-state index in [2.05, 4.69) is 36.6 Å². The van der Waals surface area contributed by atoms with Crippen molar-refractivity contribution in [3.63, 3.8) is 0 Å². The number of rotatable bonds is 6. The summed E-state index contributed by atoms with van der Waals surface area (Å²) in [6.07, 6.45) is 1.95. The molecule has 1 atom stereocenters. The lowest BCUT2D eigenvalue weighted by Gasteiger charge is -2.11. The third-order valence-electron chi connectivity index (χ3n) is 2.72. The van der Waals surface area contributed by atoms with Crippen LogP contribution in [-0.4, -0.2) is 19.3 Å². The molecule has 3 heteroatoms. The van der Waals surface area contributed by atoms with Crippen LogP contribution in [0.4, 0.5) is 0 Å². The maximum atomic E-state index is 6.08. The maximum absolute atomic E-state index is 6.08. The van der Waals surface area contributed by atoms with Gasteiger partial charge in [-0.25, -0.2) is 0 Å². The highest BCUT2D eigenvalue weighted by atomic mass is 32.1. The molecular weight excluding hydrogens is 230 g/mol. The van der Waals surface area contributed by atoms with Crippen LogP contribution in [0.3, 0.4) is 0 Å². The number of thiophene rings is 1. The molecule has 0 saturated heterocycles. The molecule has 1 heterocycles. The van der Waals surface area contributed by atoms with Crippen molar-refractivity contribution in [1.29, 1.82) is 0 Å². The van der Waals surface area contributed by atoms with E-state index in [9.17, 15) is 0 Å². The first kappa shape index (κ1) is 12.6. The minimum absolute atomic E-state index is 0.0968. The summed E-state index contributed by atoms with van der Waals surface area (Å²) in [6.45, 7) is 3.56. The molecule has 0 bridgehead atoms. The van der Waals surface area contributed by atoms with Gasteiger partial charge < -0.3 is 10.5 Å². The van der Waals surface area contributed by atoms with Gasteiger partial charge in [-0.2, -0.15) is 0 Å². The Morgan fingerprint density at radius 3 is 3.00 bits per heavy atom. The Hall–Kier alpha value is -0.900. The minimum atomic E-state index is 0.0968. The molecule has 1 unspecified atom stereocenters. The summed E-state index contributed by atoms with van der Waals surface area (Å²) in [4.78, 5) is 0. The number of hydrogen-bond acceptors (Lipinski definition) is 3. The van der Waals surface area contributed by atoms with E-state index < -0.39 is 0 Å². The van der Waals surface area contributed by atoms with Crippen molar-refractivity contribution in [2.45, 2.75) is 25.8 Å². The first-order valence-electron chi connectivity index (χ1n) is 6.09. The zero-order chi connectivity index (χ0) is 12.1. The molecule has 0 spiro atoms. The predicted molar refractivity (Wildman–Crippen MR) is 74.6 cm³/mol. The van der Waals surface area contributed by atoms with Gasteiger partial charge in [-0.1, -0.05) is 25.1 Å². The lowest BCUT2D eigenvalue weighted by Crippen LogP contribution is -2.28. The van der Waals surface area contributed by atoms with E-state index in [-0.39, 0.29) is 6.04 Å². The van der Waals surface area contributed by atoms with Crippen LogP contribution < -0.4 is 5.73 Å². The third kappa shape index (κ3) is 3.28. The molecule has 2 N–H and O–H groups in total. The zero-order valence-electron chi connectivity index (χ0n) is 10.2. The molecule has 0 fully saturated rings. The van der Waals surface area contributed by atoms with Crippen LogP contribution in [0.15, 0.2) is 29.6 Å². The van der Waals surface area contributed by atoms with Gasteiger partial charge in [0.25, 0.3) is 0 Å². The van der Waals surface area contributed by atoms with Crippen molar-refractivity contribution in [3.8, 4) is 0 Å². The van der Waals surface area contributed by atoms with Crippen LogP contribution in [0.1, 0.15) is 18.9 Å². The Bertz CT molecular complexity index is 466. The van der Waals surface area contributed by atoms with Gasteiger partial charge in [-0.05, 0) is 35.2 Å². The maximum Gasteiger partial charge on any atom is 0.0620 e. The van der Waals surface area contributed by atoms with Gasteiger partial charge in [-0.15, -0.1) is 11.3 Å². The fourth-order valence-electron chi connectivity index (χ4n) is 1.91. The van der Waals surface area contributed by atoms with Gasteiger partial charge in [0.15, 0.2) is 0 Å². The van der Waals surface area contributed by atoms with E-state index in [1.54, 1.807) is 11.3 Å². The molecule has 1 aromatic carbocycles. The SMILES string of the molecule is CCCOCC(N)Cc1csc2ccccc12. The summed E-state index contributed by atoms with van der Waals surface area (Å²) >= 11 is 1.79. The number of fused-ring (bicyclic) bond motifs is 1. The van der Waals surface area contributed by atoms with Gasteiger partial charge in [0.2, 0.25) is 0 Å².